The van der Waals surface area contributed by atoms with Crippen LogP contribution in [-0.4, -0.2) is 30.0 Å². The maximum Gasteiger partial charge on any atom is 0.321 e. The van der Waals surface area contributed by atoms with Crippen LogP contribution in [0.2, 0.25) is 0 Å². The van der Waals surface area contributed by atoms with Crippen molar-refractivity contribution in [3.8, 4) is 0 Å². The van der Waals surface area contributed by atoms with Gasteiger partial charge in [-0.25, -0.2) is 4.79 Å². The van der Waals surface area contributed by atoms with Crippen molar-refractivity contribution in [2.24, 2.45) is 5.73 Å². The summed E-state index contributed by atoms with van der Waals surface area (Å²) < 4.78 is 0. The van der Waals surface area contributed by atoms with Crippen molar-refractivity contribution in [1.29, 1.82) is 5.41 Å². The molecule has 0 heterocycles. The highest BCUT2D eigenvalue weighted by atomic mass is 32.2. The Morgan fingerprint density at radius 2 is 1.94 bits per heavy atom. The molecule has 0 saturated carbocycles. The number of thioether (sulfide) groups is 1. The number of hydrogen-bond acceptors (Lipinski definition) is 3. The third kappa shape index (κ3) is 13.0. The quantitative estimate of drug-likeness (QED) is 0.290. The predicted octanol–water partition coefficient (Wildman–Crippen LogP) is 1.88. The molecule has 0 aromatic rings. The summed E-state index contributed by atoms with van der Waals surface area (Å²) in [4.78, 5) is 11.0. The second-order valence-corrected chi connectivity index (χ2v) is 5.05. The van der Waals surface area contributed by atoms with Crippen molar-refractivity contribution in [3.05, 3.63) is 0 Å². The van der Waals surface area contributed by atoms with Gasteiger partial charge in [0.25, 0.3) is 0 Å². The van der Waals surface area contributed by atoms with Crippen LogP contribution in [0.25, 0.3) is 0 Å². The van der Waals surface area contributed by atoms with Gasteiger partial charge in [0.05, 0.1) is 0 Å². The van der Waals surface area contributed by atoms with E-state index in [2.05, 4.69) is 17.6 Å². The zero-order valence-corrected chi connectivity index (χ0v) is 11.4. The van der Waals surface area contributed by atoms with Crippen LogP contribution in [0.5, 0.6) is 0 Å². The third-order valence-corrected chi connectivity index (χ3v) is 3.30. The first-order valence-electron chi connectivity index (χ1n) is 6.13. The molecule has 0 rings (SSSR count). The van der Waals surface area contributed by atoms with Gasteiger partial charge in [0.15, 0.2) is 5.96 Å². The molecule has 0 radical (unpaired) electrons. The van der Waals surface area contributed by atoms with Gasteiger partial charge in [-0.15, -0.1) is 0 Å². The van der Waals surface area contributed by atoms with Gasteiger partial charge in [-0.05, 0) is 24.3 Å². The van der Waals surface area contributed by atoms with Crippen LogP contribution in [0.4, 0.5) is 4.79 Å². The highest BCUT2D eigenvalue weighted by molar-refractivity contribution is 7.99. The molecule has 0 atom stereocenters. The highest BCUT2D eigenvalue weighted by Gasteiger charge is 1.99. The van der Waals surface area contributed by atoms with Crippen molar-refractivity contribution in [2.45, 2.75) is 39.0 Å². The van der Waals surface area contributed by atoms with Crippen LogP contribution in [0.1, 0.15) is 39.0 Å². The standard InChI is InChI=1S/C11H24N4OS/c1-2-3-4-5-8-17-9-6-7-14-11(16)15-10(12)13/h2-9H2,1H3,(H5,12,13,14,15,16). The van der Waals surface area contributed by atoms with E-state index in [0.29, 0.717) is 6.54 Å². The number of nitrogens with two attached hydrogens (primary N) is 1. The number of hydrogen-bond donors (Lipinski definition) is 4. The largest absolute Gasteiger partial charge is 0.370 e. The molecule has 0 unspecified atom stereocenters. The van der Waals surface area contributed by atoms with Gasteiger partial charge >= 0.3 is 6.03 Å². The van der Waals surface area contributed by atoms with Crippen molar-refractivity contribution >= 4 is 23.8 Å². The van der Waals surface area contributed by atoms with E-state index in [0.717, 1.165) is 12.2 Å². The van der Waals surface area contributed by atoms with E-state index < -0.39 is 6.03 Å². The van der Waals surface area contributed by atoms with E-state index in [4.69, 9.17) is 11.1 Å². The average Bonchev–Trinajstić information content (AvgIpc) is 2.26. The van der Waals surface area contributed by atoms with Crippen LogP contribution >= 0.6 is 11.8 Å². The molecular weight excluding hydrogens is 236 g/mol. The lowest BCUT2D eigenvalue weighted by Gasteiger charge is -2.05. The van der Waals surface area contributed by atoms with Crippen LogP contribution in [0.15, 0.2) is 0 Å². The van der Waals surface area contributed by atoms with Crippen molar-refractivity contribution in [3.63, 3.8) is 0 Å². The molecule has 5 N–H and O–H groups in total. The molecule has 17 heavy (non-hydrogen) atoms. The molecule has 0 aromatic heterocycles. The molecule has 0 spiro atoms. The first kappa shape index (κ1) is 16.1. The Labute approximate surface area is 108 Å². The lowest BCUT2D eigenvalue weighted by molar-refractivity contribution is 0.245. The normalized spacial score (nSPS) is 9.94. The minimum atomic E-state index is -0.398. The summed E-state index contributed by atoms with van der Waals surface area (Å²) in [6, 6.07) is -0.398. The van der Waals surface area contributed by atoms with Gasteiger partial charge in [0.1, 0.15) is 0 Å². The number of amides is 2. The topological polar surface area (TPSA) is 91.0 Å². The summed E-state index contributed by atoms with van der Waals surface area (Å²) in [6.07, 6.45) is 6.16. The summed E-state index contributed by atoms with van der Waals surface area (Å²) in [5.41, 5.74) is 5.01. The maximum absolute atomic E-state index is 11.0. The Morgan fingerprint density at radius 3 is 2.59 bits per heavy atom. The average molecular weight is 260 g/mol. The first-order chi connectivity index (χ1) is 8.16. The van der Waals surface area contributed by atoms with E-state index in [-0.39, 0.29) is 5.96 Å². The van der Waals surface area contributed by atoms with Gasteiger partial charge in [-0.2, -0.15) is 11.8 Å². The molecule has 0 fully saturated rings. The van der Waals surface area contributed by atoms with Crippen molar-refractivity contribution < 1.29 is 4.79 Å². The van der Waals surface area contributed by atoms with Crippen LogP contribution in [0, 0.1) is 5.41 Å². The molecule has 0 saturated heterocycles. The zero-order valence-electron chi connectivity index (χ0n) is 10.6. The zero-order chi connectivity index (χ0) is 12.9. The Kier molecular flexibility index (Phi) is 11.0. The second-order valence-electron chi connectivity index (χ2n) is 3.82. The number of guanidine groups is 1. The van der Waals surface area contributed by atoms with Gasteiger partial charge in [0, 0.05) is 6.54 Å². The summed E-state index contributed by atoms with van der Waals surface area (Å²) in [5.74, 6) is 1.94. The number of carbonyl (C=O) groups is 1. The number of unbranched alkanes of at least 4 members (excludes halogenated alkanes) is 3. The molecule has 0 bridgehead atoms. The van der Waals surface area contributed by atoms with Crippen molar-refractivity contribution in [1.82, 2.24) is 10.6 Å². The SMILES string of the molecule is CCCCCCSCCCNC(=O)NC(=N)N. The first-order valence-corrected chi connectivity index (χ1v) is 7.29. The van der Waals surface area contributed by atoms with E-state index in [1.807, 2.05) is 11.8 Å². The Hall–Kier alpha value is -0.910. The van der Waals surface area contributed by atoms with Gasteiger partial charge in [-0.3, -0.25) is 10.7 Å². The van der Waals surface area contributed by atoms with Gasteiger partial charge in [0.2, 0.25) is 0 Å². The van der Waals surface area contributed by atoms with Crippen LogP contribution in [0.3, 0.4) is 0 Å². The summed E-state index contributed by atoms with van der Waals surface area (Å²) in [7, 11) is 0. The second kappa shape index (κ2) is 11.6. The lowest BCUT2D eigenvalue weighted by Crippen LogP contribution is -2.43. The fraction of sp³-hybridized carbons (Fsp3) is 0.818. The van der Waals surface area contributed by atoms with E-state index in [1.54, 1.807) is 0 Å². The smallest absolute Gasteiger partial charge is 0.321 e. The maximum atomic E-state index is 11.0. The van der Waals surface area contributed by atoms with Gasteiger partial charge in [-0.1, -0.05) is 26.2 Å². The number of carbonyl (C=O) groups excluding carboxylic acids is 1. The molecule has 5 nitrogen and oxygen atoms in total. The number of nitrogens with one attached hydrogen (secondary N) is 3. The van der Waals surface area contributed by atoms with Gasteiger partial charge < -0.3 is 11.1 Å². The van der Waals surface area contributed by atoms with Crippen LogP contribution in [-0.2, 0) is 0 Å². The third-order valence-electron chi connectivity index (χ3n) is 2.14. The molecule has 6 heteroatoms. The fourth-order valence-electron chi connectivity index (χ4n) is 1.28. The highest BCUT2D eigenvalue weighted by Crippen LogP contribution is 2.08. The predicted molar refractivity (Wildman–Crippen MR) is 74.5 cm³/mol. The van der Waals surface area contributed by atoms with E-state index in [1.165, 1.54) is 31.4 Å². The molecule has 2 amide bonds. The van der Waals surface area contributed by atoms with Crippen LogP contribution < -0.4 is 16.4 Å². The fourth-order valence-corrected chi connectivity index (χ4v) is 2.24. The van der Waals surface area contributed by atoms with E-state index >= 15 is 0 Å². The summed E-state index contributed by atoms with van der Waals surface area (Å²) >= 11 is 1.93. The lowest BCUT2D eigenvalue weighted by atomic mass is 10.2. The molecule has 0 aromatic carbocycles. The van der Waals surface area contributed by atoms with E-state index in [9.17, 15) is 4.79 Å². The Morgan fingerprint density at radius 1 is 1.24 bits per heavy atom. The molecule has 0 aliphatic rings. The molecule has 0 aliphatic heterocycles. The monoisotopic (exact) mass is 260 g/mol. The Bertz CT molecular complexity index is 224. The summed E-state index contributed by atoms with van der Waals surface area (Å²) in [6.45, 7) is 2.84. The minimum Gasteiger partial charge on any atom is -0.370 e. The number of rotatable bonds is 9. The minimum absolute atomic E-state index is 0.326. The summed E-state index contributed by atoms with van der Waals surface area (Å²) in [5, 5.41) is 11.7. The number of urea groups is 1. The Balaban J connectivity index is 3.13. The molecule has 0 aliphatic carbocycles. The van der Waals surface area contributed by atoms with Crippen molar-refractivity contribution in [2.75, 3.05) is 18.1 Å². The molecule has 100 valence electrons. The molecular formula is C11H24N4OS.